The maximum atomic E-state index is 12.8. The molecular weight excluding hydrogens is 366 g/mol. The molecule has 2 aromatic heterocycles. The largest absolute Gasteiger partial charge is 0.497 e. The number of rotatable bonds is 5. The number of fused-ring (bicyclic) bond motifs is 3. The molecule has 4 rings (SSSR count). The number of nitrogens with zero attached hydrogens (tertiary/aromatic N) is 2. The lowest BCUT2D eigenvalue weighted by atomic mass is 10.2. The molecule has 7 nitrogen and oxygen atoms in total. The molecule has 1 aliphatic carbocycles. The normalized spacial score (nSPS) is 12.8. The Morgan fingerprint density at radius 1 is 1.30 bits per heavy atom. The summed E-state index contributed by atoms with van der Waals surface area (Å²) in [6.07, 6.45) is 4.23. The number of nitrogens with one attached hydrogen (secondary N) is 1. The van der Waals surface area contributed by atoms with Crippen LogP contribution in [-0.4, -0.2) is 29.5 Å². The number of hydrogen-bond acceptors (Lipinski definition) is 6. The molecule has 2 heterocycles. The Kier molecular flexibility index (Phi) is 4.57. The summed E-state index contributed by atoms with van der Waals surface area (Å²) < 4.78 is 12.1. The van der Waals surface area contributed by atoms with Crippen LogP contribution in [0.2, 0.25) is 0 Å². The number of benzene rings is 1. The van der Waals surface area contributed by atoms with Gasteiger partial charge in [-0.25, -0.2) is 4.98 Å². The van der Waals surface area contributed by atoms with E-state index in [1.54, 1.807) is 30.8 Å². The predicted octanol–water partition coefficient (Wildman–Crippen LogP) is 2.19. The van der Waals surface area contributed by atoms with E-state index < -0.39 is 5.91 Å². The minimum absolute atomic E-state index is 0.0486. The van der Waals surface area contributed by atoms with E-state index in [9.17, 15) is 9.59 Å². The van der Waals surface area contributed by atoms with E-state index in [1.807, 2.05) is 6.07 Å². The third-order valence-corrected chi connectivity index (χ3v) is 5.89. The molecule has 0 bridgehead atoms. The van der Waals surface area contributed by atoms with Gasteiger partial charge in [0.05, 0.1) is 14.2 Å². The SMILES string of the molecule is COc1ccc(CNC(=O)c2cnc3sc4c(n3c2=O)CCC4)c(OC)c1. The molecule has 1 aromatic carbocycles. The zero-order valence-corrected chi connectivity index (χ0v) is 15.9. The Morgan fingerprint density at radius 3 is 2.93 bits per heavy atom. The number of thiazole rings is 1. The lowest BCUT2D eigenvalue weighted by Crippen LogP contribution is -2.31. The molecule has 1 aliphatic rings. The summed E-state index contributed by atoms with van der Waals surface area (Å²) in [5.74, 6) is 0.828. The summed E-state index contributed by atoms with van der Waals surface area (Å²) in [6, 6.07) is 5.36. The van der Waals surface area contributed by atoms with Gasteiger partial charge in [-0.05, 0) is 31.4 Å². The molecule has 0 aliphatic heterocycles. The van der Waals surface area contributed by atoms with Gasteiger partial charge in [0.2, 0.25) is 0 Å². The van der Waals surface area contributed by atoms with E-state index in [-0.39, 0.29) is 17.7 Å². The molecule has 1 amide bonds. The van der Waals surface area contributed by atoms with Crippen molar-refractivity contribution in [3.63, 3.8) is 0 Å². The zero-order chi connectivity index (χ0) is 19.0. The number of methoxy groups -OCH3 is 2. The smallest absolute Gasteiger partial charge is 0.271 e. The van der Waals surface area contributed by atoms with Crippen LogP contribution in [0.5, 0.6) is 11.5 Å². The van der Waals surface area contributed by atoms with Gasteiger partial charge >= 0.3 is 0 Å². The second kappa shape index (κ2) is 7.03. The Morgan fingerprint density at radius 2 is 2.15 bits per heavy atom. The molecule has 1 N–H and O–H groups in total. The van der Waals surface area contributed by atoms with Crippen LogP contribution in [0.4, 0.5) is 0 Å². The summed E-state index contributed by atoms with van der Waals surface area (Å²) in [5, 5.41) is 2.78. The molecule has 140 valence electrons. The van der Waals surface area contributed by atoms with Crippen LogP contribution in [0.25, 0.3) is 4.96 Å². The summed E-state index contributed by atoms with van der Waals surface area (Å²) in [7, 11) is 3.13. The van der Waals surface area contributed by atoms with E-state index in [4.69, 9.17) is 9.47 Å². The van der Waals surface area contributed by atoms with E-state index in [2.05, 4.69) is 10.3 Å². The first-order chi connectivity index (χ1) is 13.1. The second-order valence-corrected chi connectivity index (χ2v) is 7.34. The topological polar surface area (TPSA) is 81.9 Å². The van der Waals surface area contributed by atoms with Crippen molar-refractivity contribution < 1.29 is 14.3 Å². The van der Waals surface area contributed by atoms with Gasteiger partial charge in [0.25, 0.3) is 11.5 Å². The van der Waals surface area contributed by atoms with Crippen LogP contribution in [0, 0.1) is 0 Å². The third kappa shape index (κ3) is 3.06. The standard InChI is InChI=1S/C19H19N3O4S/c1-25-12-7-6-11(15(8-12)26-2)9-20-17(23)13-10-21-19-22(18(13)24)14-4-3-5-16(14)27-19/h6-8,10H,3-5,9H2,1-2H3,(H,20,23). The highest BCUT2D eigenvalue weighted by Crippen LogP contribution is 2.29. The third-order valence-electron chi connectivity index (χ3n) is 4.73. The van der Waals surface area contributed by atoms with E-state index in [0.717, 1.165) is 30.5 Å². The average Bonchev–Trinajstić information content (AvgIpc) is 3.27. The average molecular weight is 385 g/mol. The molecular formula is C19H19N3O4S. The summed E-state index contributed by atoms with van der Waals surface area (Å²) >= 11 is 1.53. The first-order valence-electron chi connectivity index (χ1n) is 8.63. The molecule has 27 heavy (non-hydrogen) atoms. The van der Waals surface area contributed by atoms with Crippen LogP contribution in [0.1, 0.15) is 32.9 Å². The number of carbonyl (C=O) groups excluding carboxylic acids is 1. The molecule has 3 aromatic rings. The summed E-state index contributed by atoms with van der Waals surface area (Å²) in [6.45, 7) is 0.232. The van der Waals surface area contributed by atoms with Crippen LogP contribution in [0.15, 0.2) is 29.2 Å². The van der Waals surface area contributed by atoms with Gasteiger partial charge in [-0.15, -0.1) is 11.3 Å². The van der Waals surface area contributed by atoms with Gasteiger partial charge in [0.1, 0.15) is 17.1 Å². The highest BCUT2D eigenvalue weighted by Gasteiger charge is 2.22. The lowest BCUT2D eigenvalue weighted by molar-refractivity contribution is 0.0948. The van der Waals surface area contributed by atoms with E-state index in [0.29, 0.717) is 16.5 Å². The van der Waals surface area contributed by atoms with Crippen molar-refractivity contribution in [2.75, 3.05) is 14.2 Å². The fraction of sp³-hybridized carbons (Fsp3) is 0.316. The van der Waals surface area contributed by atoms with Gasteiger partial charge in [-0.3, -0.25) is 14.0 Å². The Labute approximate surface area is 159 Å². The second-order valence-electron chi connectivity index (χ2n) is 6.28. The van der Waals surface area contributed by atoms with E-state index >= 15 is 0 Å². The first-order valence-corrected chi connectivity index (χ1v) is 9.45. The minimum atomic E-state index is -0.447. The number of aromatic nitrogens is 2. The van der Waals surface area contributed by atoms with Crippen LogP contribution < -0.4 is 20.3 Å². The predicted molar refractivity (Wildman–Crippen MR) is 102 cm³/mol. The van der Waals surface area contributed by atoms with Gasteiger partial charge in [0.15, 0.2) is 4.96 Å². The highest BCUT2D eigenvalue weighted by atomic mass is 32.1. The number of carbonyl (C=O) groups is 1. The molecule has 8 heteroatoms. The number of ether oxygens (including phenoxy) is 2. The number of amides is 1. The number of hydrogen-bond donors (Lipinski definition) is 1. The molecule has 0 spiro atoms. The molecule has 0 atom stereocenters. The van der Waals surface area contributed by atoms with Crippen molar-refractivity contribution in [1.29, 1.82) is 0 Å². The van der Waals surface area contributed by atoms with Crippen molar-refractivity contribution in [2.24, 2.45) is 0 Å². The summed E-state index contributed by atoms with van der Waals surface area (Å²) in [4.78, 5) is 31.6. The molecule has 0 fully saturated rings. The number of aryl methyl sites for hydroxylation is 2. The molecule has 0 saturated heterocycles. The Balaban J connectivity index is 1.59. The van der Waals surface area contributed by atoms with Crippen molar-refractivity contribution in [2.45, 2.75) is 25.8 Å². The van der Waals surface area contributed by atoms with Crippen LogP contribution >= 0.6 is 11.3 Å². The van der Waals surface area contributed by atoms with Crippen molar-refractivity contribution in [3.05, 3.63) is 56.4 Å². The van der Waals surface area contributed by atoms with Crippen molar-refractivity contribution in [1.82, 2.24) is 14.7 Å². The van der Waals surface area contributed by atoms with Crippen LogP contribution in [-0.2, 0) is 19.4 Å². The van der Waals surface area contributed by atoms with Crippen LogP contribution in [0.3, 0.4) is 0 Å². The zero-order valence-electron chi connectivity index (χ0n) is 15.1. The Hall–Kier alpha value is -2.87. The maximum Gasteiger partial charge on any atom is 0.271 e. The molecule has 0 unspecified atom stereocenters. The van der Waals surface area contributed by atoms with Gasteiger partial charge in [-0.1, -0.05) is 0 Å². The first kappa shape index (κ1) is 17.5. The fourth-order valence-corrected chi connectivity index (χ4v) is 4.50. The lowest BCUT2D eigenvalue weighted by Gasteiger charge is -2.11. The molecule has 0 radical (unpaired) electrons. The Bertz CT molecular complexity index is 1090. The minimum Gasteiger partial charge on any atom is -0.497 e. The monoisotopic (exact) mass is 385 g/mol. The molecule has 0 saturated carbocycles. The summed E-state index contributed by atoms with van der Waals surface area (Å²) in [5.41, 5.74) is 1.53. The van der Waals surface area contributed by atoms with Gasteiger partial charge < -0.3 is 14.8 Å². The quantitative estimate of drug-likeness (QED) is 0.728. The maximum absolute atomic E-state index is 12.8. The van der Waals surface area contributed by atoms with Crippen molar-refractivity contribution >= 4 is 22.2 Å². The van der Waals surface area contributed by atoms with Crippen molar-refractivity contribution in [3.8, 4) is 11.5 Å². The fourth-order valence-electron chi connectivity index (χ4n) is 3.33. The van der Waals surface area contributed by atoms with E-state index in [1.165, 1.54) is 22.4 Å². The van der Waals surface area contributed by atoms with Gasteiger partial charge in [-0.2, -0.15) is 0 Å². The van der Waals surface area contributed by atoms with Gasteiger partial charge in [0, 0.05) is 34.9 Å². The highest BCUT2D eigenvalue weighted by molar-refractivity contribution is 7.17.